The van der Waals surface area contributed by atoms with Gasteiger partial charge in [-0.3, -0.25) is 4.79 Å². The molecule has 3 nitrogen and oxygen atoms in total. The fourth-order valence-electron chi connectivity index (χ4n) is 2.03. The van der Waals surface area contributed by atoms with Crippen LogP contribution in [0.25, 0.3) is 0 Å². The van der Waals surface area contributed by atoms with Crippen LogP contribution in [0.2, 0.25) is 0 Å². The quantitative estimate of drug-likeness (QED) is 0.647. The summed E-state index contributed by atoms with van der Waals surface area (Å²) in [4.78, 5) is 11.7. The van der Waals surface area contributed by atoms with Crippen molar-refractivity contribution >= 4 is 5.78 Å². The van der Waals surface area contributed by atoms with Gasteiger partial charge >= 0.3 is 0 Å². The van der Waals surface area contributed by atoms with Crippen LogP contribution in [0.3, 0.4) is 0 Å². The number of rotatable bonds is 8. The second kappa shape index (κ2) is 8.71. The molecule has 0 spiro atoms. The van der Waals surface area contributed by atoms with Crippen molar-refractivity contribution < 1.29 is 9.53 Å². The third kappa shape index (κ3) is 5.61. The van der Waals surface area contributed by atoms with Crippen molar-refractivity contribution in [3.63, 3.8) is 0 Å². The highest BCUT2D eigenvalue weighted by atomic mass is 16.5. The molecule has 0 aliphatic carbocycles. The number of hydrogen-bond acceptors (Lipinski definition) is 3. The first-order valence-corrected chi connectivity index (χ1v) is 6.68. The molecule has 16 heavy (non-hydrogen) atoms. The summed E-state index contributed by atoms with van der Waals surface area (Å²) in [6.45, 7) is 4.33. The zero-order valence-electron chi connectivity index (χ0n) is 10.5. The molecule has 1 atom stereocenters. The lowest BCUT2D eigenvalue weighted by Gasteiger charge is -2.22. The Bertz CT molecular complexity index is 188. The maximum atomic E-state index is 11.7. The molecule has 1 saturated heterocycles. The molecule has 0 aromatic carbocycles. The Morgan fingerprint density at radius 3 is 2.69 bits per heavy atom. The van der Waals surface area contributed by atoms with Gasteiger partial charge in [-0.25, -0.2) is 0 Å². The van der Waals surface area contributed by atoms with Gasteiger partial charge in [0.2, 0.25) is 0 Å². The summed E-state index contributed by atoms with van der Waals surface area (Å²) in [5, 5.41) is 3.21. The van der Waals surface area contributed by atoms with Crippen LogP contribution >= 0.6 is 0 Å². The van der Waals surface area contributed by atoms with E-state index in [1.807, 2.05) is 0 Å². The van der Waals surface area contributed by atoms with Crippen LogP contribution in [0.5, 0.6) is 0 Å². The van der Waals surface area contributed by atoms with E-state index in [4.69, 9.17) is 4.74 Å². The summed E-state index contributed by atoms with van der Waals surface area (Å²) in [7, 11) is 0. The van der Waals surface area contributed by atoms with Gasteiger partial charge in [-0.05, 0) is 6.42 Å². The topological polar surface area (TPSA) is 38.3 Å². The van der Waals surface area contributed by atoms with E-state index >= 15 is 0 Å². The Labute approximate surface area is 98.9 Å². The summed E-state index contributed by atoms with van der Waals surface area (Å²) in [6, 6.07) is -0.0376. The molecule has 3 heteroatoms. The first-order valence-electron chi connectivity index (χ1n) is 6.68. The van der Waals surface area contributed by atoms with E-state index < -0.39 is 0 Å². The summed E-state index contributed by atoms with van der Waals surface area (Å²) in [6.07, 6.45) is 8.15. The SMILES string of the molecule is CCCCCCCCC(=O)C1COCCN1. The zero-order chi connectivity index (χ0) is 11.6. The van der Waals surface area contributed by atoms with Gasteiger partial charge < -0.3 is 10.1 Å². The molecule has 1 aliphatic rings. The van der Waals surface area contributed by atoms with Crippen LogP contribution in [0.1, 0.15) is 51.9 Å². The van der Waals surface area contributed by atoms with E-state index in [2.05, 4.69) is 12.2 Å². The number of nitrogens with one attached hydrogen (secondary N) is 1. The highest BCUT2D eigenvalue weighted by molar-refractivity contribution is 5.84. The van der Waals surface area contributed by atoms with Crippen molar-refractivity contribution in [3.05, 3.63) is 0 Å². The van der Waals surface area contributed by atoms with Crippen LogP contribution < -0.4 is 5.32 Å². The van der Waals surface area contributed by atoms with Crippen molar-refractivity contribution in [1.29, 1.82) is 0 Å². The summed E-state index contributed by atoms with van der Waals surface area (Å²) < 4.78 is 5.28. The first-order chi connectivity index (χ1) is 7.84. The molecule has 1 unspecified atom stereocenters. The maximum Gasteiger partial charge on any atom is 0.152 e. The lowest BCUT2D eigenvalue weighted by molar-refractivity contribution is -0.123. The third-order valence-corrected chi connectivity index (χ3v) is 3.09. The van der Waals surface area contributed by atoms with Crippen LogP contribution in [-0.2, 0) is 9.53 Å². The van der Waals surface area contributed by atoms with Crippen LogP contribution in [0.15, 0.2) is 0 Å². The Hall–Kier alpha value is -0.410. The van der Waals surface area contributed by atoms with Crippen molar-refractivity contribution in [3.8, 4) is 0 Å². The molecule has 0 saturated carbocycles. The minimum absolute atomic E-state index is 0.0376. The molecule has 1 heterocycles. The smallest absolute Gasteiger partial charge is 0.152 e. The standard InChI is InChI=1S/C13H25NO2/c1-2-3-4-5-6-7-8-13(15)12-11-16-10-9-14-12/h12,14H,2-11H2,1H3. The number of carbonyl (C=O) groups excluding carboxylic acids is 1. The van der Waals surface area contributed by atoms with Crippen molar-refractivity contribution in [2.45, 2.75) is 57.9 Å². The van der Waals surface area contributed by atoms with E-state index in [0.717, 1.165) is 19.6 Å². The van der Waals surface area contributed by atoms with Crippen molar-refractivity contribution in [2.75, 3.05) is 19.8 Å². The molecule has 1 fully saturated rings. The Balaban J connectivity index is 1.97. The predicted octanol–water partition coefficient (Wildman–Crippen LogP) is 2.29. The van der Waals surface area contributed by atoms with Gasteiger partial charge in [0.25, 0.3) is 0 Å². The number of unbranched alkanes of at least 4 members (excludes halogenated alkanes) is 5. The normalized spacial score (nSPS) is 20.9. The molecule has 94 valence electrons. The lowest BCUT2D eigenvalue weighted by Crippen LogP contribution is -2.46. The van der Waals surface area contributed by atoms with E-state index in [9.17, 15) is 4.79 Å². The molecular formula is C13H25NO2. The Kier molecular flexibility index (Phi) is 7.43. The van der Waals surface area contributed by atoms with Gasteiger partial charge in [-0.2, -0.15) is 0 Å². The third-order valence-electron chi connectivity index (χ3n) is 3.09. The molecule has 0 radical (unpaired) electrons. The summed E-state index contributed by atoms with van der Waals surface area (Å²) in [5.41, 5.74) is 0. The summed E-state index contributed by atoms with van der Waals surface area (Å²) in [5.74, 6) is 0.329. The number of Topliss-reactive ketones (excluding diaryl/α,β-unsaturated/α-hetero) is 1. The fraction of sp³-hybridized carbons (Fsp3) is 0.923. The number of morpholine rings is 1. The fourth-order valence-corrected chi connectivity index (χ4v) is 2.03. The highest BCUT2D eigenvalue weighted by Crippen LogP contribution is 2.08. The van der Waals surface area contributed by atoms with E-state index in [1.54, 1.807) is 0 Å². The second-order valence-electron chi connectivity index (χ2n) is 4.57. The number of ether oxygens (including phenoxy) is 1. The van der Waals surface area contributed by atoms with Gasteiger partial charge in [-0.15, -0.1) is 0 Å². The van der Waals surface area contributed by atoms with Gasteiger partial charge in [0.05, 0.1) is 19.3 Å². The van der Waals surface area contributed by atoms with E-state index in [-0.39, 0.29) is 6.04 Å². The molecule has 0 aromatic rings. The molecule has 1 aliphatic heterocycles. The molecule has 0 aromatic heterocycles. The number of ketones is 1. The van der Waals surface area contributed by atoms with E-state index in [0.29, 0.717) is 18.8 Å². The molecular weight excluding hydrogens is 202 g/mol. The van der Waals surface area contributed by atoms with Crippen molar-refractivity contribution in [1.82, 2.24) is 5.32 Å². The Morgan fingerprint density at radius 2 is 2.00 bits per heavy atom. The largest absolute Gasteiger partial charge is 0.378 e. The molecule has 0 bridgehead atoms. The minimum Gasteiger partial charge on any atom is -0.378 e. The van der Waals surface area contributed by atoms with E-state index in [1.165, 1.54) is 32.1 Å². The van der Waals surface area contributed by atoms with Gasteiger partial charge in [0, 0.05) is 13.0 Å². The predicted molar refractivity (Wildman–Crippen MR) is 65.6 cm³/mol. The van der Waals surface area contributed by atoms with Gasteiger partial charge in [0.1, 0.15) is 0 Å². The molecule has 1 rings (SSSR count). The van der Waals surface area contributed by atoms with Gasteiger partial charge in [0.15, 0.2) is 5.78 Å². The van der Waals surface area contributed by atoms with Crippen LogP contribution in [0.4, 0.5) is 0 Å². The van der Waals surface area contributed by atoms with Crippen LogP contribution in [-0.4, -0.2) is 31.6 Å². The molecule has 1 N–H and O–H groups in total. The zero-order valence-corrected chi connectivity index (χ0v) is 10.5. The molecule has 0 amide bonds. The first kappa shape index (κ1) is 13.7. The van der Waals surface area contributed by atoms with Crippen molar-refractivity contribution in [2.24, 2.45) is 0 Å². The average Bonchev–Trinajstić information content (AvgIpc) is 2.34. The minimum atomic E-state index is -0.0376. The number of carbonyl (C=O) groups is 1. The lowest BCUT2D eigenvalue weighted by atomic mass is 10.0. The number of hydrogen-bond donors (Lipinski definition) is 1. The summed E-state index contributed by atoms with van der Waals surface area (Å²) >= 11 is 0. The second-order valence-corrected chi connectivity index (χ2v) is 4.57. The average molecular weight is 227 g/mol. The van der Waals surface area contributed by atoms with Gasteiger partial charge in [-0.1, -0.05) is 39.0 Å². The Morgan fingerprint density at radius 1 is 1.25 bits per heavy atom. The maximum absolute atomic E-state index is 11.7. The highest BCUT2D eigenvalue weighted by Gasteiger charge is 2.19. The monoisotopic (exact) mass is 227 g/mol. The van der Waals surface area contributed by atoms with Crippen LogP contribution in [0, 0.1) is 0 Å².